The van der Waals surface area contributed by atoms with Crippen LogP contribution >= 0.6 is 11.6 Å². The summed E-state index contributed by atoms with van der Waals surface area (Å²) >= 11 is 5.66. The maximum atomic E-state index is 12.6. The number of nitrogens with zero attached hydrogens (tertiary/aromatic N) is 1. The Morgan fingerprint density at radius 3 is 1.36 bits per heavy atom. The predicted molar refractivity (Wildman–Crippen MR) is 193 cm³/mol. The van der Waals surface area contributed by atoms with Gasteiger partial charge in [0.05, 0.1) is 99.1 Å². The standard InChI is InChI=1S/C38H58ClNO10/c1-40(38(41)50-32-37-35-12-6-4-10-33(35)34-11-5-7-13-36(34)37)15-17-43-19-21-45-23-25-47-27-29-49-31-30-48-28-26-46-24-22-44-20-18-42-16-9-3-2-8-14-39/h4-7,10-13,37H,2-3,8-9,14-32H2,1H3. The fourth-order valence-electron chi connectivity index (χ4n) is 5.29. The van der Waals surface area contributed by atoms with Crippen molar-refractivity contribution in [2.24, 2.45) is 0 Å². The largest absolute Gasteiger partial charge is 0.448 e. The first kappa shape index (κ1) is 42.1. The Hall–Kier alpha value is -2.32. The van der Waals surface area contributed by atoms with E-state index in [0.29, 0.717) is 112 Å². The molecule has 0 fully saturated rings. The van der Waals surface area contributed by atoms with Crippen LogP contribution in [0.2, 0.25) is 0 Å². The summed E-state index contributed by atoms with van der Waals surface area (Å²) in [5, 5.41) is 0. The van der Waals surface area contributed by atoms with Crippen molar-refractivity contribution >= 4 is 17.7 Å². The van der Waals surface area contributed by atoms with Gasteiger partial charge in [-0.15, -0.1) is 11.6 Å². The first-order chi connectivity index (χ1) is 24.7. The van der Waals surface area contributed by atoms with Gasteiger partial charge in [-0.2, -0.15) is 0 Å². The van der Waals surface area contributed by atoms with Gasteiger partial charge in [-0.3, -0.25) is 0 Å². The highest BCUT2D eigenvalue weighted by Crippen LogP contribution is 2.44. The molecule has 1 amide bonds. The highest BCUT2D eigenvalue weighted by molar-refractivity contribution is 6.17. The number of carbonyl (C=O) groups excluding carboxylic acids is 1. The Balaban J connectivity index is 1.00. The minimum absolute atomic E-state index is 0.0427. The van der Waals surface area contributed by atoms with E-state index in [1.807, 2.05) is 24.3 Å². The van der Waals surface area contributed by atoms with Crippen LogP contribution in [0.15, 0.2) is 48.5 Å². The van der Waals surface area contributed by atoms with Crippen LogP contribution in [0.1, 0.15) is 42.7 Å². The molecule has 2 aromatic rings. The second-order valence-electron chi connectivity index (χ2n) is 11.7. The third-order valence-electron chi connectivity index (χ3n) is 8.00. The molecule has 1 aliphatic carbocycles. The van der Waals surface area contributed by atoms with Crippen molar-refractivity contribution in [3.05, 3.63) is 59.7 Å². The number of unbranched alkanes of at least 4 members (excludes halogenated alkanes) is 3. The predicted octanol–water partition coefficient (Wildman–Crippen LogP) is 5.80. The fraction of sp³-hybridized carbons (Fsp3) is 0.658. The molecular formula is C38H58ClNO10. The van der Waals surface area contributed by atoms with Gasteiger partial charge in [0.1, 0.15) is 6.61 Å². The Morgan fingerprint density at radius 1 is 0.540 bits per heavy atom. The lowest BCUT2D eigenvalue weighted by Gasteiger charge is -2.19. The zero-order valence-corrected chi connectivity index (χ0v) is 30.6. The Bertz CT molecular complexity index is 1100. The minimum atomic E-state index is -0.360. The summed E-state index contributed by atoms with van der Waals surface area (Å²) in [6.07, 6.45) is 4.12. The molecule has 0 heterocycles. The quantitative estimate of drug-likeness (QED) is 0.0680. The molecule has 11 nitrogen and oxygen atoms in total. The number of ether oxygens (including phenoxy) is 9. The van der Waals surface area contributed by atoms with Gasteiger partial charge >= 0.3 is 6.09 Å². The minimum Gasteiger partial charge on any atom is -0.448 e. The highest BCUT2D eigenvalue weighted by Gasteiger charge is 2.29. The molecule has 0 saturated carbocycles. The molecule has 0 N–H and O–H groups in total. The topological polar surface area (TPSA) is 103 Å². The van der Waals surface area contributed by atoms with Crippen LogP contribution in [0, 0.1) is 0 Å². The molecule has 0 atom stereocenters. The van der Waals surface area contributed by atoms with Crippen LogP contribution in [-0.4, -0.2) is 143 Å². The van der Waals surface area contributed by atoms with Gasteiger partial charge in [-0.05, 0) is 35.1 Å². The van der Waals surface area contributed by atoms with Crippen molar-refractivity contribution in [2.45, 2.75) is 31.6 Å². The lowest BCUT2D eigenvalue weighted by molar-refractivity contribution is -0.0234. The molecule has 2 aromatic carbocycles. The highest BCUT2D eigenvalue weighted by atomic mass is 35.5. The number of hydrogen-bond donors (Lipinski definition) is 0. The van der Waals surface area contributed by atoms with Crippen molar-refractivity contribution in [3.63, 3.8) is 0 Å². The number of hydrogen-bond acceptors (Lipinski definition) is 10. The lowest BCUT2D eigenvalue weighted by atomic mass is 9.98. The zero-order valence-electron chi connectivity index (χ0n) is 29.9. The van der Waals surface area contributed by atoms with Crippen molar-refractivity contribution < 1.29 is 47.4 Å². The molecule has 0 aromatic heterocycles. The summed E-state index contributed by atoms with van der Waals surface area (Å²) in [5.41, 5.74) is 4.81. The molecule has 12 heteroatoms. The molecule has 282 valence electrons. The molecule has 3 rings (SSSR count). The summed E-state index contributed by atoms with van der Waals surface area (Å²) < 4.78 is 49.9. The van der Waals surface area contributed by atoms with E-state index in [1.165, 1.54) is 33.6 Å². The van der Waals surface area contributed by atoms with Crippen molar-refractivity contribution in [3.8, 4) is 11.1 Å². The van der Waals surface area contributed by atoms with Gasteiger partial charge in [0.25, 0.3) is 0 Å². The van der Waals surface area contributed by atoms with Gasteiger partial charge in [-0.1, -0.05) is 61.4 Å². The average molecular weight is 724 g/mol. The third kappa shape index (κ3) is 17.7. The SMILES string of the molecule is CN(CCOCCOCCOCCOCCOCCOCCOCCOCCCCCCCl)C(=O)OCC1c2ccccc2-c2ccccc21. The summed E-state index contributed by atoms with van der Waals surface area (Å²) in [4.78, 5) is 14.1. The van der Waals surface area contributed by atoms with Crippen LogP contribution in [0.3, 0.4) is 0 Å². The second kappa shape index (κ2) is 28.3. The molecule has 0 bridgehead atoms. The number of alkyl halides is 1. The van der Waals surface area contributed by atoms with Crippen molar-refractivity contribution in [1.82, 2.24) is 4.90 Å². The molecule has 0 saturated heterocycles. The Labute approximate surface area is 303 Å². The zero-order chi connectivity index (χ0) is 35.3. The van der Waals surface area contributed by atoms with E-state index in [4.69, 9.17) is 54.2 Å². The average Bonchev–Trinajstić information content (AvgIpc) is 3.46. The molecule has 0 aliphatic heterocycles. The summed E-state index contributed by atoms with van der Waals surface area (Å²) in [6.45, 7) is 9.07. The summed E-state index contributed by atoms with van der Waals surface area (Å²) in [7, 11) is 1.72. The molecule has 0 unspecified atom stereocenters. The summed E-state index contributed by atoms with van der Waals surface area (Å²) in [5.74, 6) is 0.783. The van der Waals surface area contributed by atoms with E-state index in [0.717, 1.165) is 31.7 Å². The smallest absolute Gasteiger partial charge is 0.409 e. The monoisotopic (exact) mass is 723 g/mol. The van der Waals surface area contributed by atoms with Gasteiger partial charge in [0.15, 0.2) is 0 Å². The van der Waals surface area contributed by atoms with Crippen molar-refractivity contribution in [2.75, 3.05) is 132 Å². The number of likely N-dealkylation sites (N-methyl/N-ethyl adjacent to an activating group) is 1. The van der Waals surface area contributed by atoms with Crippen LogP contribution in [0.5, 0.6) is 0 Å². The Morgan fingerprint density at radius 2 is 0.920 bits per heavy atom. The molecule has 0 radical (unpaired) electrons. The van der Waals surface area contributed by atoms with Crippen LogP contribution < -0.4 is 0 Å². The number of carbonyl (C=O) groups is 1. The van der Waals surface area contributed by atoms with Crippen LogP contribution in [0.4, 0.5) is 4.79 Å². The van der Waals surface area contributed by atoms with Gasteiger partial charge in [-0.25, -0.2) is 4.79 Å². The number of benzene rings is 2. The van der Waals surface area contributed by atoms with E-state index in [9.17, 15) is 4.79 Å². The van der Waals surface area contributed by atoms with Gasteiger partial charge < -0.3 is 47.5 Å². The normalized spacial score (nSPS) is 12.3. The lowest BCUT2D eigenvalue weighted by Crippen LogP contribution is -2.32. The van der Waals surface area contributed by atoms with E-state index >= 15 is 0 Å². The Kier molecular flexibility index (Phi) is 23.8. The fourth-order valence-corrected chi connectivity index (χ4v) is 5.48. The summed E-state index contributed by atoms with van der Waals surface area (Å²) in [6, 6.07) is 16.6. The molecular weight excluding hydrogens is 666 g/mol. The maximum absolute atomic E-state index is 12.6. The van der Waals surface area contributed by atoms with Gasteiger partial charge in [0, 0.05) is 32.0 Å². The molecule has 1 aliphatic rings. The van der Waals surface area contributed by atoms with E-state index in [2.05, 4.69) is 24.3 Å². The van der Waals surface area contributed by atoms with Crippen LogP contribution in [0.25, 0.3) is 11.1 Å². The molecule has 50 heavy (non-hydrogen) atoms. The van der Waals surface area contributed by atoms with Crippen molar-refractivity contribution in [1.29, 1.82) is 0 Å². The molecule has 0 spiro atoms. The number of amides is 1. The third-order valence-corrected chi connectivity index (χ3v) is 8.26. The van der Waals surface area contributed by atoms with E-state index < -0.39 is 0 Å². The van der Waals surface area contributed by atoms with Gasteiger partial charge in [0.2, 0.25) is 0 Å². The first-order valence-electron chi connectivity index (χ1n) is 18.0. The number of fused-ring (bicyclic) bond motifs is 3. The van der Waals surface area contributed by atoms with Crippen LogP contribution in [-0.2, 0) is 42.6 Å². The van der Waals surface area contributed by atoms with E-state index in [-0.39, 0.29) is 12.0 Å². The van der Waals surface area contributed by atoms with E-state index in [1.54, 1.807) is 7.05 Å². The second-order valence-corrected chi connectivity index (χ2v) is 12.1. The first-order valence-corrected chi connectivity index (χ1v) is 18.5. The maximum Gasteiger partial charge on any atom is 0.409 e. The number of rotatable bonds is 32. The number of halogens is 1.